The molecule has 2 fully saturated rings. The molecule has 2 saturated carbocycles. The number of fused-ring (bicyclic) bond motifs is 2. The van der Waals surface area contributed by atoms with Crippen LogP contribution in [0.5, 0.6) is 5.75 Å². The number of nitrogens with zero attached hydrogens (tertiary/aromatic N) is 1. The number of benzene rings is 2. The van der Waals surface area contributed by atoms with Gasteiger partial charge in [-0.2, -0.15) is 0 Å². The van der Waals surface area contributed by atoms with Crippen molar-refractivity contribution in [2.45, 2.75) is 18.8 Å². The first-order valence-electron chi connectivity index (χ1n) is 9.13. The Morgan fingerprint density at radius 3 is 2.85 bits per heavy atom. The van der Waals surface area contributed by atoms with Crippen LogP contribution in [0.1, 0.15) is 46.1 Å². The number of para-hydroxylation sites is 1. The van der Waals surface area contributed by atoms with Crippen LogP contribution in [0.3, 0.4) is 0 Å². The molecule has 5 nitrogen and oxygen atoms in total. The van der Waals surface area contributed by atoms with Crippen LogP contribution in [0.4, 0.5) is 0 Å². The summed E-state index contributed by atoms with van der Waals surface area (Å²) in [5, 5.41) is 9.26. The second-order valence-electron chi connectivity index (χ2n) is 7.35. The molecule has 5 heteroatoms. The molecule has 0 radical (unpaired) electrons. The van der Waals surface area contributed by atoms with Crippen molar-refractivity contribution in [3.63, 3.8) is 0 Å². The molecule has 0 amide bonds. The van der Waals surface area contributed by atoms with Gasteiger partial charge in [0.25, 0.3) is 0 Å². The molecule has 2 aliphatic carbocycles. The molecule has 3 unspecified atom stereocenters. The van der Waals surface area contributed by atoms with Crippen molar-refractivity contribution in [3.8, 4) is 5.75 Å². The normalized spacial score (nSPS) is 23.2. The number of carboxylic acid groups (broad SMARTS) is 1. The Hall–Kier alpha value is -3.08. The van der Waals surface area contributed by atoms with Crippen LogP contribution in [0.2, 0.25) is 0 Å². The molecule has 2 aliphatic rings. The largest absolute Gasteiger partial charge is 0.496 e. The van der Waals surface area contributed by atoms with Crippen LogP contribution in [0, 0.1) is 11.8 Å². The summed E-state index contributed by atoms with van der Waals surface area (Å²) in [6.45, 7) is 0. The van der Waals surface area contributed by atoms with E-state index < -0.39 is 5.97 Å². The minimum Gasteiger partial charge on any atom is -0.496 e. The highest BCUT2D eigenvalue weighted by atomic mass is 16.5. The number of hydrogen-bond donors (Lipinski definition) is 1. The fraction of sp³-hybridized carbons (Fsp3) is 0.273. The zero-order valence-corrected chi connectivity index (χ0v) is 14.9. The lowest BCUT2D eigenvalue weighted by atomic mass is 9.79. The molecule has 27 heavy (non-hydrogen) atoms. The quantitative estimate of drug-likeness (QED) is 0.705. The van der Waals surface area contributed by atoms with Crippen molar-refractivity contribution in [1.29, 1.82) is 0 Å². The van der Waals surface area contributed by atoms with Gasteiger partial charge in [-0.1, -0.05) is 18.2 Å². The monoisotopic (exact) mass is 361 g/mol. The predicted octanol–water partition coefficient (Wildman–Crippen LogP) is 4.83. The molecule has 3 aromatic rings. The highest BCUT2D eigenvalue weighted by molar-refractivity contribution is 6.00. The molecule has 2 aromatic carbocycles. The second-order valence-corrected chi connectivity index (χ2v) is 7.35. The van der Waals surface area contributed by atoms with E-state index in [-0.39, 0.29) is 5.56 Å². The van der Waals surface area contributed by atoms with E-state index in [2.05, 4.69) is 17.1 Å². The fourth-order valence-electron chi connectivity index (χ4n) is 4.21. The topological polar surface area (TPSA) is 72.6 Å². The highest BCUT2D eigenvalue weighted by Crippen LogP contribution is 2.65. The van der Waals surface area contributed by atoms with Crippen LogP contribution in [-0.2, 0) is 0 Å². The van der Waals surface area contributed by atoms with Crippen molar-refractivity contribution in [2.24, 2.45) is 11.8 Å². The number of methoxy groups -OCH3 is 1. The van der Waals surface area contributed by atoms with E-state index in [0.717, 1.165) is 23.1 Å². The van der Waals surface area contributed by atoms with Crippen molar-refractivity contribution in [2.75, 3.05) is 7.11 Å². The smallest absolute Gasteiger partial charge is 0.338 e. The van der Waals surface area contributed by atoms with E-state index in [4.69, 9.17) is 9.15 Å². The summed E-state index contributed by atoms with van der Waals surface area (Å²) < 4.78 is 11.3. The van der Waals surface area contributed by atoms with E-state index in [1.54, 1.807) is 25.3 Å². The number of hydrogen-bond acceptors (Lipinski definition) is 4. The molecule has 0 saturated heterocycles. The third-order valence-electron chi connectivity index (χ3n) is 5.79. The molecular weight excluding hydrogens is 342 g/mol. The van der Waals surface area contributed by atoms with Gasteiger partial charge < -0.3 is 14.3 Å². The van der Waals surface area contributed by atoms with Crippen molar-refractivity contribution in [3.05, 3.63) is 59.0 Å². The van der Waals surface area contributed by atoms with E-state index in [1.807, 2.05) is 12.1 Å². The first-order valence-corrected chi connectivity index (χ1v) is 9.13. The minimum absolute atomic E-state index is 0.140. The summed E-state index contributed by atoms with van der Waals surface area (Å²) >= 11 is 0. The van der Waals surface area contributed by atoms with Crippen molar-refractivity contribution in [1.82, 2.24) is 4.98 Å². The molecule has 0 bridgehead atoms. The fourth-order valence-corrected chi connectivity index (χ4v) is 4.21. The Balaban J connectivity index is 1.43. The Morgan fingerprint density at radius 2 is 2.15 bits per heavy atom. The molecule has 0 spiro atoms. The Kier molecular flexibility index (Phi) is 3.57. The Labute approximate surface area is 156 Å². The Morgan fingerprint density at radius 1 is 1.26 bits per heavy atom. The lowest BCUT2D eigenvalue weighted by Crippen LogP contribution is -2.14. The molecule has 5 rings (SSSR count). The lowest BCUT2D eigenvalue weighted by Gasteiger charge is -2.27. The molecule has 3 atom stereocenters. The predicted molar refractivity (Wildman–Crippen MR) is 102 cm³/mol. The number of aromatic carboxylic acids is 1. The molecule has 1 heterocycles. The third-order valence-corrected chi connectivity index (χ3v) is 5.79. The van der Waals surface area contributed by atoms with Crippen molar-refractivity contribution >= 4 is 29.2 Å². The number of carboxylic acids is 1. The van der Waals surface area contributed by atoms with E-state index in [9.17, 15) is 9.90 Å². The minimum atomic E-state index is -1.02. The number of oxazole rings is 1. The second kappa shape index (κ2) is 5.98. The average Bonchev–Trinajstić information content (AvgIpc) is 3.12. The maximum absolute atomic E-state index is 11.3. The summed E-state index contributed by atoms with van der Waals surface area (Å²) in [4.78, 5) is 15.6. The van der Waals surface area contributed by atoms with Crippen LogP contribution < -0.4 is 4.74 Å². The number of aromatic nitrogens is 1. The molecule has 1 N–H and O–H groups in total. The molecule has 136 valence electrons. The van der Waals surface area contributed by atoms with Gasteiger partial charge in [0.15, 0.2) is 5.58 Å². The van der Waals surface area contributed by atoms with Gasteiger partial charge in [-0.05, 0) is 66.0 Å². The standard InChI is InChI=1S/C22H19NO4/c1-26-19-9-12(5-7-14(19)17-11-13-10-16(13)17)6-8-20-23-21-15(22(24)25)3-2-4-18(21)27-20/h2-9,13,16-17H,10-11H2,1H3,(H,24,25)/b8-6+. The van der Waals surface area contributed by atoms with Gasteiger partial charge in [-0.3, -0.25) is 0 Å². The molecular formula is C22H19NO4. The summed E-state index contributed by atoms with van der Waals surface area (Å²) in [5.41, 5.74) is 3.26. The Bertz CT molecular complexity index is 1080. The lowest BCUT2D eigenvalue weighted by molar-refractivity contribution is 0.0699. The van der Waals surface area contributed by atoms with E-state index in [1.165, 1.54) is 24.5 Å². The van der Waals surface area contributed by atoms with Crippen LogP contribution in [0.25, 0.3) is 23.3 Å². The first kappa shape index (κ1) is 16.1. The van der Waals surface area contributed by atoms with Gasteiger partial charge in [0, 0.05) is 6.08 Å². The van der Waals surface area contributed by atoms with Gasteiger partial charge in [0.1, 0.15) is 11.3 Å². The maximum atomic E-state index is 11.3. The zero-order valence-electron chi connectivity index (χ0n) is 14.9. The first-order chi connectivity index (χ1) is 13.1. The molecule has 0 aliphatic heterocycles. The summed E-state index contributed by atoms with van der Waals surface area (Å²) in [5.74, 6) is 2.76. The maximum Gasteiger partial charge on any atom is 0.338 e. The van der Waals surface area contributed by atoms with Gasteiger partial charge in [-0.25, -0.2) is 9.78 Å². The average molecular weight is 361 g/mol. The summed E-state index contributed by atoms with van der Waals surface area (Å²) in [6, 6.07) is 11.2. The van der Waals surface area contributed by atoms with Crippen LogP contribution in [0.15, 0.2) is 40.8 Å². The number of ether oxygens (including phenoxy) is 1. The number of carbonyl (C=O) groups is 1. The SMILES string of the molecule is COc1cc(/C=C/c2nc3c(C(=O)O)cccc3o2)ccc1C1CC2CC21. The third kappa shape index (κ3) is 2.70. The van der Waals surface area contributed by atoms with Crippen LogP contribution in [-0.4, -0.2) is 23.2 Å². The van der Waals surface area contributed by atoms with Gasteiger partial charge in [-0.15, -0.1) is 0 Å². The highest BCUT2D eigenvalue weighted by Gasteiger charge is 2.54. The summed E-state index contributed by atoms with van der Waals surface area (Å²) in [7, 11) is 1.71. The number of rotatable bonds is 5. The molecule has 1 aromatic heterocycles. The van der Waals surface area contributed by atoms with Crippen molar-refractivity contribution < 1.29 is 19.1 Å². The van der Waals surface area contributed by atoms with E-state index >= 15 is 0 Å². The summed E-state index contributed by atoms with van der Waals surface area (Å²) in [6.07, 6.45) is 6.30. The van der Waals surface area contributed by atoms with Gasteiger partial charge in [0.05, 0.1) is 12.7 Å². The van der Waals surface area contributed by atoms with Gasteiger partial charge >= 0.3 is 5.97 Å². The van der Waals surface area contributed by atoms with Crippen LogP contribution >= 0.6 is 0 Å². The van der Waals surface area contributed by atoms with E-state index in [0.29, 0.717) is 22.9 Å². The zero-order chi connectivity index (χ0) is 18.5. The van der Waals surface area contributed by atoms with Gasteiger partial charge in [0.2, 0.25) is 5.89 Å².